The van der Waals surface area contributed by atoms with Crippen LogP contribution in [0.5, 0.6) is 0 Å². The number of rotatable bonds is 3. The highest BCUT2D eigenvalue weighted by Crippen LogP contribution is 2.19. The highest BCUT2D eigenvalue weighted by atomic mass is 79.9. The first kappa shape index (κ1) is 10.9. The molecule has 0 unspecified atom stereocenters. The molecule has 3 nitrogen and oxygen atoms in total. The van der Waals surface area contributed by atoms with Crippen molar-refractivity contribution in [3.63, 3.8) is 0 Å². The zero-order chi connectivity index (χ0) is 10.7. The topological polar surface area (TPSA) is 37.8 Å². The Morgan fingerprint density at radius 2 is 2.00 bits per heavy atom. The average molecular weight is 305 g/mol. The van der Waals surface area contributed by atoms with Gasteiger partial charge in [0.05, 0.1) is 11.7 Å². The van der Waals surface area contributed by atoms with Gasteiger partial charge >= 0.3 is 0 Å². The number of benzene rings is 1. The van der Waals surface area contributed by atoms with Gasteiger partial charge in [0.25, 0.3) is 0 Å². The van der Waals surface area contributed by atoms with Crippen LogP contribution in [0.25, 0.3) is 0 Å². The first-order valence-electron chi connectivity index (χ1n) is 4.22. The van der Waals surface area contributed by atoms with E-state index in [0.29, 0.717) is 17.5 Å². The summed E-state index contributed by atoms with van der Waals surface area (Å²) in [5.41, 5.74) is 1.17. The highest BCUT2D eigenvalue weighted by Gasteiger charge is 2.03. The molecule has 0 radical (unpaired) electrons. The molecule has 0 bridgehead atoms. The van der Waals surface area contributed by atoms with Crippen molar-refractivity contribution in [1.82, 2.24) is 8.75 Å². The summed E-state index contributed by atoms with van der Waals surface area (Å²) in [6, 6.07) is 8.06. The minimum Gasteiger partial charge on any atom is -0.363 e. The van der Waals surface area contributed by atoms with Crippen LogP contribution in [0, 0.1) is 0 Å². The van der Waals surface area contributed by atoms with Crippen LogP contribution < -0.4 is 5.32 Å². The molecule has 1 heterocycles. The third-order valence-electron chi connectivity index (χ3n) is 1.82. The van der Waals surface area contributed by atoms with Crippen LogP contribution in [-0.4, -0.2) is 8.75 Å². The Balaban J connectivity index is 1.99. The molecule has 15 heavy (non-hydrogen) atoms. The molecule has 0 aliphatic carbocycles. The summed E-state index contributed by atoms with van der Waals surface area (Å²) in [5.74, 6) is 0.643. The van der Waals surface area contributed by atoms with Crippen LogP contribution in [0.2, 0.25) is 5.15 Å². The van der Waals surface area contributed by atoms with E-state index < -0.39 is 0 Å². The van der Waals surface area contributed by atoms with E-state index in [9.17, 15) is 0 Å². The molecule has 0 atom stereocenters. The first-order chi connectivity index (χ1) is 7.25. The monoisotopic (exact) mass is 303 g/mol. The van der Waals surface area contributed by atoms with E-state index in [-0.39, 0.29) is 0 Å². The molecule has 1 aromatic heterocycles. The third-order valence-corrected chi connectivity index (χ3v) is 3.24. The van der Waals surface area contributed by atoms with Crippen molar-refractivity contribution >= 4 is 45.1 Å². The maximum atomic E-state index is 5.80. The molecule has 0 aliphatic heterocycles. The van der Waals surface area contributed by atoms with E-state index in [1.165, 1.54) is 5.56 Å². The van der Waals surface area contributed by atoms with Crippen molar-refractivity contribution in [2.75, 3.05) is 5.32 Å². The largest absolute Gasteiger partial charge is 0.363 e. The second kappa shape index (κ2) is 4.92. The van der Waals surface area contributed by atoms with Gasteiger partial charge in [0, 0.05) is 11.0 Å². The molecule has 78 valence electrons. The number of hydrogen-bond donors (Lipinski definition) is 1. The van der Waals surface area contributed by atoms with E-state index in [1.54, 1.807) is 0 Å². The predicted octanol–water partition coefficient (Wildman–Crippen LogP) is 3.57. The Bertz CT molecular complexity index is 443. The number of aromatic nitrogens is 2. The lowest BCUT2D eigenvalue weighted by Crippen LogP contribution is -1.99. The fourth-order valence-corrected chi connectivity index (χ4v) is 2.02. The summed E-state index contributed by atoms with van der Waals surface area (Å²) in [5, 5.41) is 3.55. The van der Waals surface area contributed by atoms with Gasteiger partial charge in [-0.15, -0.1) is 0 Å². The molecular formula is C9H7BrClN3S. The Labute approximate surface area is 105 Å². The second-order valence-corrected chi connectivity index (χ2v) is 4.69. The smallest absolute Gasteiger partial charge is 0.186 e. The minimum absolute atomic E-state index is 0.428. The quantitative estimate of drug-likeness (QED) is 0.942. The normalized spacial score (nSPS) is 10.3. The van der Waals surface area contributed by atoms with E-state index in [1.807, 2.05) is 24.3 Å². The van der Waals surface area contributed by atoms with Crippen LogP contribution in [0.3, 0.4) is 0 Å². The van der Waals surface area contributed by atoms with E-state index >= 15 is 0 Å². The van der Waals surface area contributed by atoms with Gasteiger partial charge in [-0.3, -0.25) is 0 Å². The van der Waals surface area contributed by atoms with E-state index in [0.717, 1.165) is 16.2 Å². The molecule has 1 N–H and O–H groups in total. The van der Waals surface area contributed by atoms with Crippen molar-refractivity contribution in [2.24, 2.45) is 0 Å². The van der Waals surface area contributed by atoms with Gasteiger partial charge in [-0.2, -0.15) is 8.75 Å². The molecule has 2 aromatic rings. The molecule has 0 spiro atoms. The number of nitrogens with zero attached hydrogens (tertiary/aromatic N) is 2. The van der Waals surface area contributed by atoms with Crippen molar-refractivity contribution < 1.29 is 0 Å². The van der Waals surface area contributed by atoms with Gasteiger partial charge < -0.3 is 5.32 Å². The fourth-order valence-electron chi connectivity index (χ4n) is 1.07. The molecule has 0 saturated carbocycles. The summed E-state index contributed by atoms with van der Waals surface area (Å²) in [6.45, 7) is 0.693. The number of nitrogens with one attached hydrogen (secondary N) is 1. The standard InChI is InChI=1S/C9H7BrClN3S/c10-7-3-1-6(2-4-7)5-12-9-8(11)13-15-14-9/h1-4H,5H2,(H,12,14). The Morgan fingerprint density at radius 3 is 2.60 bits per heavy atom. The van der Waals surface area contributed by atoms with Crippen molar-refractivity contribution in [1.29, 1.82) is 0 Å². The molecule has 0 amide bonds. The first-order valence-corrected chi connectivity index (χ1v) is 6.12. The summed E-state index contributed by atoms with van der Waals surface area (Å²) in [4.78, 5) is 0. The molecule has 2 rings (SSSR count). The number of halogens is 2. The van der Waals surface area contributed by atoms with E-state index in [2.05, 4.69) is 30.0 Å². The lowest BCUT2D eigenvalue weighted by Gasteiger charge is -2.02. The highest BCUT2D eigenvalue weighted by molar-refractivity contribution is 9.10. The number of anilines is 1. The molecule has 0 saturated heterocycles. The molecule has 0 fully saturated rings. The fraction of sp³-hybridized carbons (Fsp3) is 0.111. The average Bonchev–Trinajstić information content (AvgIpc) is 2.63. The molecule has 6 heteroatoms. The Hall–Kier alpha value is -0.650. The number of hydrogen-bond acceptors (Lipinski definition) is 4. The van der Waals surface area contributed by atoms with Gasteiger partial charge in [-0.1, -0.05) is 39.7 Å². The lowest BCUT2D eigenvalue weighted by atomic mass is 10.2. The summed E-state index contributed by atoms with van der Waals surface area (Å²) in [6.07, 6.45) is 0. The summed E-state index contributed by atoms with van der Waals surface area (Å²) >= 11 is 10.3. The van der Waals surface area contributed by atoms with Crippen LogP contribution in [0.1, 0.15) is 5.56 Å². The predicted molar refractivity (Wildman–Crippen MR) is 66.4 cm³/mol. The Kier molecular flexibility index (Phi) is 3.56. The zero-order valence-corrected chi connectivity index (χ0v) is 10.7. The lowest BCUT2D eigenvalue weighted by molar-refractivity contribution is 1.13. The van der Waals surface area contributed by atoms with Gasteiger partial charge in [0.1, 0.15) is 0 Å². The maximum Gasteiger partial charge on any atom is 0.186 e. The van der Waals surface area contributed by atoms with Gasteiger partial charge in [-0.05, 0) is 17.7 Å². The van der Waals surface area contributed by atoms with Crippen LogP contribution in [0.15, 0.2) is 28.7 Å². The van der Waals surface area contributed by atoms with Crippen molar-refractivity contribution in [3.05, 3.63) is 39.5 Å². The maximum absolute atomic E-state index is 5.80. The van der Waals surface area contributed by atoms with Crippen LogP contribution >= 0.6 is 39.3 Å². The third kappa shape index (κ3) is 2.90. The molecule has 0 aliphatic rings. The van der Waals surface area contributed by atoms with Crippen molar-refractivity contribution in [3.8, 4) is 0 Å². The van der Waals surface area contributed by atoms with E-state index in [4.69, 9.17) is 11.6 Å². The molecule has 1 aromatic carbocycles. The molecular weight excluding hydrogens is 298 g/mol. The second-order valence-electron chi connectivity index (χ2n) is 2.88. The Morgan fingerprint density at radius 1 is 1.27 bits per heavy atom. The van der Waals surface area contributed by atoms with Crippen LogP contribution in [0.4, 0.5) is 5.82 Å². The summed E-state index contributed by atoms with van der Waals surface area (Å²) < 4.78 is 8.96. The SMILES string of the molecule is Clc1nsnc1NCc1ccc(Br)cc1. The summed E-state index contributed by atoms with van der Waals surface area (Å²) in [7, 11) is 0. The van der Waals surface area contributed by atoms with Gasteiger partial charge in [-0.25, -0.2) is 0 Å². The van der Waals surface area contributed by atoms with Crippen molar-refractivity contribution in [2.45, 2.75) is 6.54 Å². The van der Waals surface area contributed by atoms with Crippen LogP contribution in [-0.2, 0) is 6.54 Å². The van der Waals surface area contributed by atoms with Gasteiger partial charge in [0.2, 0.25) is 0 Å². The zero-order valence-electron chi connectivity index (χ0n) is 7.58. The minimum atomic E-state index is 0.428. The van der Waals surface area contributed by atoms with Gasteiger partial charge in [0.15, 0.2) is 11.0 Å².